The van der Waals surface area contributed by atoms with Gasteiger partial charge in [0.2, 0.25) is 0 Å². The Hall–Kier alpha value is -0.420. The lowest BCUT2D eigenvalue weighted by Gasteiger charge is -2.37. The van der Waals surface area contributed by atoms with Gasteiger partial charge in [-0.1, -0.05) is 22.0 Å². The second-order valence-corrected chi connectivity index (χ2v) is 6.36. The van der Waals surface area contributed by atoms with Crippen LogP contribution in [-0.4, -0.2) is 44.3 Å². The molecule has 0 saturated carbocycles. The molecule has 1 aliphatic heterocycles. The van der Waals surface area contributed by atoms with Crippen molar-refractivity contribution in [3.63, 3.8) is 0 Å². The van der Waals surface area contributed by atoms with Crippen molar-refractivity contribution in [3.05, 3.63) is 33.8 Å². The van der Waals surface area contributed by atoms with Gasteiger partial charge in [-0.2, -0.15) is 0 Å². The van der Waals surface area contributed by atoms with Crippen molar-refractivity contribution < 1.29 is 4.74 Å². The first-order valence-corrected chi connectivity index (χ1v) is 7.86. The van der Waals surface area contributed by atoms with Crippen LogP contribution in [0.4, 0.5) is 0 Å². The SMILES string of the molecule is CNCC1CN(C2CCc3cc(Br)ccc32)CCO1. The quantitative estimate of drug-likeness (QED) is 0.923. The lowest BCUT2D eigenvalue weighted by molar-refractivity contribution is -0.0415. The zero-order valence-electron chi connectivity index (χ0n) is 11.4. The highest BCUT2D eigenvalue weighted by molar-refractivity contribution is 9.10. The molecule has 1 fully saturated rings. The van der Waals surface area contributed by atoms with E-state index >= 15 is 0 Å². The number of rotatable bonds is 3. The number of halogens is 1. The predicted octanol–water partition coefficient (Wildman–Crippen LogP) is 2.36. The summed E-state index contributed by atoms with van der Waals surface area (Å²) in [4.78, 5) is 2.60. The molecule has 0 spiro atoms. The van der Waals surface area contributed by atoms with Gasteiger partial charge in [0, 0.05) is 30.1 Å². The average Bonchev–Trinajstić information content (AvgIpc) is 2.82. The Morgan fingerprint density at radius 1 is 1.47 bits per heavy atom. The third kappa shape index (κ3) is 2.87. The predicted molar refractivity (Wildman–Crippen MR) is 80.4 cm³/mol. The summed E-state index contributed by atoms with van der Waals surface area (Å²) in [6.07, 6.45) is 2.78. The number of nitrogens with one attached hydrogen (secondary N) is 1. The van der Waals surface area contributed by atoms with Crippen molar-refractivity contribution in [2.75, 3.05) is 33.3 Å². The summed E-state index contributed by atoms with van der Waals surface area (Å²) in [5.74, 6) is 0. The normalized spacial score (nSPS) is 27.5. The second-order valence-electron chi connectivity index (χ2n) is 5.44. The number of fused-ring (bicyclic) bond motifs is 1. The van der Waals surface area contributed by atoms with E-state index in [-0.39, 0.29) is 0 Å². The number of morpholine rings is 1. The lowest BCUT2D eigenvalue weighted by atomic mass is 10.1. The Labute approximate surface area is 123 Å². The van der Waals surface area contributed by atoms with Gasteiger partial charge >= 0.3 is 0 Å². The molecule has 2 atom stereocenters. The molecule has 0 radical (unpaired) electrons. The highest BCUT2D eigenvalue weighted by Gasteiger charge is 2.31. The van der Waals surface area contributed by atoms with E-state index in [4.69, 9.17) is 4.74 Å². The molecule has 1 heterocycles. The summed E-state index contributed by atoms with van der Waals surface area (Å²) in [5.41, 5.74) is 3.03. The third-order valence-electron chi connectivity index (χ3n) is 4.19. The highest BCUT2D eigenvalue weighted by atomic mass is 79.9. The smallest absolute Gasteiger partial charge is 0.0826 e. The molecule has 104 valence electrons. The van der Waals surface area contributed by atoms with Crippen molar-refractivity contribution in [3.8, 4) is 0 Å². The number of ether oxygens (including phenoxy) is 1. The van der Waals surface area contributed by atoms with Gasteiger partial charge in [0.1, 0.15) is 0 Å². The first-order chi connectivity index (χ1) is 9.28. The second kappa shape index (κ2) is 5.92. The van der Waals surface area contributed by atoms with Crippen molar-refractivity contribution >= 4 is 15.9 Å². The van der Waals surface area contributed by atoms with Crippen LogP contribution < -0.4 is 5.32 Å². The molecule has 1 N–H and O–H groups in total. The first kappa shape index (κ1) is 13.6. The summed E-state index contributed by atoms with van der Waals surface area (Å²) >= 11 is 3.57. The molecule has 3 rings (SSSR count). The van der Waals surface area contributed by atoms with Gasteiger partial charge in [-0.25, -0.2) is 0 Å². The highest BCUT2D eigenvalue weighted by Crippen LogP contribution is 2.37. The number of likely N-dealkylation sites (N-methyl/N-ethyl adjacent to an activating group) is 1. The van der Waals surface area contributed by atoms with Gasteiger partial charge < -0.3 is 10.1 Å². The zero-order chi connectivity index (χ0) is 13.2. The largest absolute Gasteiger partial charge is 0.374 e. The zero-order valence-corrected chi connectivity index (χ0v) is 12.9. The fraction of sp³-hybridized carbons (Fsp3) is 0.600. The lowest BCUT2D eigenvalue weighted by Crippen LogP contribution is -2.47. The monoisotopic (exact) mass is 324 g/mol. The number of hydrogen-bond acceptors (Lipinski definition) is 3. The molecule has 0 amide bonds. The van der Waals surface area contributed by atoms with Crippen LogP contribution in [0.25, 0.3) is 0 Å². The van der Waals surface area contributed by atoms with Crippen molar-refractivity contribution in [2.45, 2.75) is 25.0 Å². The fourth-order valence-electron chi connectivity index (χ4n) is 3.32. The number of hydrogen-bond donors (Lipinski definition) is 1. The minimum Gasteiger partial charge on any atom is -0.374 e. The molecule has 1 aromatic rings. The van der Waals surface area contributed by atoms with Gasteiger partial charge in [0.15, 0.2) is 0 Å². The van der Waals surface area contributed by atoms with E-state index in [1.54, 1.807) is 0 Å². The number of benzene rings is 1. The van der Waals surface area contributed by atoms with Crippen LogP contribution in [0.15, 0.2) is 22.7 Å². The maximum absolute atomic E-state index is 5.80. The molecular formula is C15H21BrN2O. The van der Waals surface area contributed by atoms with Gasteiger partial charge in [-0.05, 0) is 43.1 Å². The summed E-state index contributed by atoms with van der Waals surface area (Å²) in [5, 5.41) is 3.22. The number of aryl methyl sites for hydroxylation is 1. The molecule has 1 aromatic carbocycles. The number of nitrogens with zero attached hydrogens (tertiary/aromatic N) is 1. The van der Waals surface area contributed by atoms with E-state index in [0.717, 1.165) is 26.2 Å². The van der Waals surface area contributed by atoms with Crippen LogP contribution in [0, 0.1) is 0 Å². The summed E-state index contributed by atoms with van der Waals surface area (Å²) in [6, 6.07) is 7.33. The molecule has 19 heavy (non-hydrogen) atoms. The Balaban J connectivity index is 1.74. The van der Waals surface area contributed by atoms with Gasteiger partial charge in [-0.3, -0.25) is 4.90 Å². The Kier molecular flexibility index (Phi) is 4.22. The van der Waals surface area contributed by atoms with E-state index < -0.39 is 0 Å². The van der Waals surface area contributed by atoms with Gasteiger partial charge in [-0.15, -0.1) is 0 Å². The van der Waals surface area contributed by atoms with Crippen LogP contribution in [0.3, 0.4) is 0 Å². The Morgan fingerprint density at radius 3 is 3.21 bits per heavy atom. The first-order valence-electron chi connectivity index (χ1n) is 7.06. The molecule has 0 bridgehead atoms. The average molecular weight is 325 g/mol. The molecule has 2 aliphatic rings. The molecule has 4 heteroatoms. The maximum Gasteiger partial charge on any atom is 0.0826 e. The van der Waals surface area contributed by atoms with Crippen molar-refractivity contribution in [1.82, 2.24) is 10.2 Å². The van der Waals surface area contributed by atoms with E-state index in [1.807, 2.05) is 7.05 Å². The summed E-state index contributed by atoms with van der Waals surface area (Å²) in [7, 11) is 1.99. The Morgan fingerprint density at radius 2 is 2.37 bits per heavy atom. The third-order valence-corrected chi connectivity index (χ3v) is 4.69. The Bertz CT molecular complexity index is 450. The molecule has 0 aromatic heterocycles. The summed E-state index contributed by atoms with van der Waals surface area (Å²) < 4.78 is 7.00. The molecule has 1 aliphatic carbocycles. The minimum absolute atomic E-state index is 0.332. The van der Waals surface area contributed by atoms with Crippen LogP contribution in [-0.2, 0) is 11.2 Å². The van der Waals surface area contributed by atoms with Crippen LogP contribution >= 0.6 is 15.9 Å². The van der Waals surface area contributed by atoms with Gasteiger partial charge in [0.25, 0.3) is 0 Å². The molecule has 2 unspecified atom stereocenters. The van der Waals surface area contributed by atoms with Crippen LogP contribution in [0.2, 0.25) is 0 Å². The van der Waals surface area contributed by atoms with Crippen molar-refractivity contribution in [1.29, 1.82) is 0 Å². The molecule has 1 saturated heterocycles. The standard InChI is InChI=1S/C15H21BrN2O/c1-17-9-13-10-18(6-7-19-13)15-5-2-11-8-12(16)3-4-14(11)15/h3-4,8,13,15,17H,2,5-7,9-10H2,1H3. The fourth-order valence-corrected chi connectivity index (χ4v) is 3.73. The molecular weight excluding hydrogens is 304 g/mol. The van der Waals surface area contributed by atoms with E-state index in [1.165, 1.54) is 28.4 Å². The van der Waals surface area contributed by atoms with Crippen molar-refractivity contribution in [2.24, 2.45) is 0 Å². The van der Waals surface area contributed by atoms with E-state index in [0.29, 0.717) is 12.1 Å². The topological polar surface area (TPSA) is 24.5 Å². The van der Waals surface area contributed by atoms with Gasteiger partial charge in [0.05, 0.1) is 12.7 Å². The molecule has 3 nitrogen and oxygen atoms in total. The summed E-state index contributed by atoms with van der Waals surface area (Å²) in [6.45, 7) is 3.90. The van der Waals surface area contributed by atoms with E-state index in [2.05, 4.69) is 44.3 Å². The van der Waals surface area contributed by atoms with E-state index in [9.17, 15) is 0 Å². The maximum atomic E-state index is 5.80. The van der Waals surface area contributed by atoms with Crippen LogP contribution in [0.5, 0.6) is 0 Å². The van der Waals surface area contributed by atoms with Crippen LogP contribution in [0.1, 0.15) is 23.6 Å². The minimum atomic E-state index is 0.332.